The van der Waals surface area contributed by atoms with Gasteiger partial charge in [0, 0.05) is 30.4 Å². The molecule has 1 fully saturated rings. The lowest BCUT2D eigenvalue weighted by Crippen LogP contribution is -2.22. The molecule has 1 heterocycles. The summed E-state index contributed by atoms with van der Waals surface area (Å²) in [6.45, 7) is 5.24. The second kappa shape index (κ2) is 6.20. The van der Waals surface area contributed by atoms with Gasteiger partial charge in [-0.2, -0.15) is 0 Å². The lowest BCUT2D eigenvalue weighted by atomic mass is 10.00. The highest BCUT2D eigenvalue weighted by Crippen LogP contribution is 2.29. The van der Waals surface area contributed by atoms with Gasteiger partial charge in [0.2, 0.25) is 0 Å². The second-order valence-corrected chi connectivity index (χ2v) is 5.52. The molecule has 0 saturated heterocycles. The maximum absolute atomic E-state index is 4.56. The van der Waals surface area contributed by atoms with Crippen LogP contribution in [0.5, 0.6) is 0 Å². The minimum Gasteiger partial charge on any atom is -0.345 e. The normalized spacial score (nSPS) is 18.5. The fourth-order valence-corrected chi connectivity index (χ4v) is 2.54. The number of hydrogen-bond donors (Lipinski definition) is 2. The van der Waals surface area contributed by atoms with E-state index in [0.717, 1.165) is 6.54 Å². The van der Waals surface area contributed by atoms with Gasteiger partial charge in [0.25, 0.3) is 0 Å². The lowest BCUT2D eigenvalue weighted by molar-refractivity contribution is 0.558. The molecule has 1 aliphatic carbocycles. The molecule has 1 aromatic heterocycles. The van der Waals surface area contributed by atoms with Crippen LogP contribution >= 0.6 is 0 Å². The van der Waals surface area contributed by atoms with E-state index < -0.39 is 0 Å². The molecule has 96 valence electrons. The molecule has 3 nitrogen and oxygen atoms in total. The fourth-order valence-electron chi connectivity index (χ4n) is 2.54. The van der Waals surface area contributed by atoms with Crippen molar-refractivity contribution in [3.05, 3.63) is 17.7 Å². The largest absolute Gasteiger partial charge is 0.345 e. The summed E-state index contributed by atoms with van der Waals surface area (Å²) < 4.78 is 0. The number of aromatic amines is 1. The fraction of sp³-hybridized carbons (Fsp3) is 0.786. The van der Waals surface area contributed by atoms with Gasteiger partial charge in [-0.05, 0) is 12.8 Å². The molecular formula is C14H25N3. The summed E-state index contributed by atoms with van der Waals surface area (Å²) in [7, 11) is 0. The van der Waals surface area contributed by atoms with E-state index in [-0.39, 0.29) is 0 Å². The minimum atomic E-state index is 0.527. The standard InChI is InChI=1S/C14H25N3/c1-11(2)15-9-13-10-16-14(17-13)12-7-5-3-4-6-8-12/h10-12,15H,3-9H2,1-2H3,(H,16,17). The average Bonchev–Trinajstić information content (AvgIpc) is 2.60. The molecule has 0 aromatic carbocycles. The third-order valence-corrected chi connectivity index (χ3v) is 3.59. The van der Waals surface area contributed by atoms with Crippen molar-refractivity contribution in [3.8, 4) is 0 Å². The Morgan fingerprint density at radius 1 is 1.29 bits per heavy atom. The molecule has 17 heavy (non-hydrogen) atoms. The Morgan fingerprint density at radius 3 is 2.65 bits per heavy atom. The van der Waals surface area contributed by atoms with Crippen molar-refractivity contribution in [1.29, 1.82) is 0 Å². The first-order valence-electron chi connectivity index (χ1n) is 7.03. The molecule has 0 amide bonds. The maximum Gasteiger partial charge on any atom is 0.109 e. The zero-order valence-corrected chi connectivity index (χ0v) is 11.1. The molecule has 0 spiro atoms. The summed E-state index contributed by atoms with van der Waals surface area (Å²) in [5.41, 5.74) is 1.22. The highest BCUT2D eigenvalue weighted by molar-refractivity contribution is 5.06. The van der Waals surface area contributed by atoms with E-state index in [1.54, 1.807) is 0 Å². The van der Waals surface area contributed by atoms with Crippen molar-refractivity contribution in [1.82, 2.24) is 15.3 Å². The van der Waals surface area contributed by atoms with Crippen molar-refractivity contribution in [2.24, 2.45) is 0 Å². The smallest absolute Gasteiger partial charge is 0.109 e. The number of H-pyrrole nitrogens is 1. The SMILES string of the molecule is CC(C)NCc1cnc(C2CCCCCC2)[nH]1. The Hall–Kier alpha value is -0.830. The molecule has 0 atom stereocenters. The van der Waals surface area contributed by atoms with Crippen LogP contribution in [0.3, 0.4) is 0 Å². The van der Waals surface area contributed by atoms with Crippen molar-refractivity contribution >= 4 is 0 Å². The number of aromatic nitrogens is 2. The molecule has 3 heteroatoms. The molecule has 0 radical (unpaired) electrons. The molecule has 1 saturated carbocycles. The summed E-state index contributed by atoms with van der Waals surface area (Å²) in [6, 6.07) is 0.527. The van der Waals surface area contributed by atoms with Crippen LogP contribution in [0.15, 0.2) is 6.20 Å². The van der Waals surface area contributed by atoms with E-state index >= 15 is 0 Å². The molecule has 0 aliphatic heterocycles. The molecule has 0 unspecified atom stereocenters. The van der Waals surface area contributed by atoms with Crippen LogP contribution in [0.2, 0.25) is 0 Å². The first-order chi connectivity index (χ1) is 8.25. The van der Waals surface area contributed by atoms with Crippen LogP contribution in [-0.2, 0) is 6.54 Å². The summed E-state index contributed by atoms with van der Waals surface area (Å²) in [5.74, 6) is 1.89. The number of nitrogens with zero attached hydrogens (tertiary/aromatic N) is 1. The summed E-state index contributed by atoms with van der Waals surface area (Å²) in [4.78, 5) is 8.06. The van der Waals surface area contributed by atoms with E-state index in [4.69, 9.17) is 0 Å². The zero-order chi connectivity index (χ0) is 12.1. The second-order valence-electron chi connectivity index (χ2n) is 5.52. The molecule has 2 N–H and O–H groups in total. The highest BCUT2D eigenvalue weighted by Gasteiger charge is 2.17. The molecule has 1 aliphatic rings. The Morgan fingerprint density at radius 2 is 2.00 bits per heavy atom. The number of rotatable bonds is 4. The predicted octanol–water partition coefficient (Wildman–Crippen LogP) is 3.35. The van der Waals surface area contributed by atoms with Gasteiger partial charge in [-0.3, -0.25) is 0 Å². The van der Waals surface area contributed by atoms with E-state index in [1.807, 2.05) is 6.20 Å². The molecular weight excluding hydrogens is 210 g/mol. The number of hydrogen-bond acceptors (Lipinski definition) is 2. The van der Waals surface area contributed by atoms with Crippen LogP contribution in [0.25, 0.3) is 0 Å². The maximum atomic E-state index is 4.56. The zero-order valence-electron chi connectivity index (χ0n) is 11.1. The first kappa shape index (κ1) is 12.6. The van der Waals surface area contributed by atoms with Gasteiger partial charge in [0.15, 0.2) is 0 Å². The van der Waals surface area contributed by atoms with Gasteiger partial charge in [0.1, 0.15) is 5.82 Å². The predicted molar refractivity (Wildman–Crippen MR) is 71.0 cm³/mol. The quantitative estimate of drug-likeness (QED) is 0.786. The Labute approximate surface area is 104 Å². The van der Waals surface area contributed by atoms with Gasteiger partial charge in [-0.25, -0.2) is 4.98 Å². The monoisotopic (exact) mass is 235 g/mol. The van der Waals surface area contributed by atoms with Crippen molar-refractivity contribution in [2.75, 3.05) is 0 Å². The van der Waals surface area contributed by atoms with E-state index in [2.05, 4.69) is 29.1 Å². The summed E-state index contributed by atoms with van der Waals surface area (Å²) in [5, 5.41) is 3.42. The average molecular weight is 235 g/mol. The van der Waals surface area contributed by atoms with Gasteiger partial charge in [-0.15, -0.1) is 0 Å². The molecule has 0 bridgehead atoms. The van der Waals surface area contributed by atoms with E-state index in [0.29, 0.717) is 12.0 Å². The van der Waals surface area contributed by atoms with Crippen LogP contribution in [0.4, 0.5) is 0 Å². The van der Waals surface area contributed by atoms with Crippen LogP contribution in [0, 0.1) is 0 Å². The molecule has 1 aromatic rings. The van der Waals surface area contributed by atoms with Crippen LogP contribution < -0.4 is 5.32 Å². The Bertz CT molecular complexity index is 322. The van der Waals surface area contributed by atoms with Crippen LogP contribution in [0.1, 0.15) is 69.8 Å². The van der Waals surface area contributed by atoms with Crippen LogP contribution in [-0.4, -0.2) is 16.0 Å². The van der Waals surface area contributed by atoms with Crippen molar-refractivity contribution in [3.63, 3.8) is 0 Å². The summed E-state index contributed by atoms with van der Waals surface area (Å²) in [6.07, 6.45) is 10.2. The van der Waals surface area contributed by atoms with E-state index in [9.17, 15) is 0 Å². The number of nitrogens with one attached hydrogen (secondary N) is 2. The minimum absolute atomic E-state index is 0.527. The third-order valence-electron chi connectivity index (χ3n) is 3.59. The molecule has 2 rings (SSSR count). The lowest BCUT2D eigenvalue weighted by Gasteiger charge is -2.10. The number of imidazole rings is 1. The van der Waals surface area contributed by atoms with Crippen molar-refractivity contribution < 1.29 is 0 Å². The van der Waals surface area contributed by atoms with Gasteiger partial charge in [-0.1, -0.05) is 39.5 Å². The van der Waals surface area contributed by atoms with Gasteiger partial charge >= 0.3 is 0 Å². The Balaban J connectivity index is 1.92. The highest BCUT2D eigenvalue weighted by atomic mass is 15.0. The Kier molecular flexibility index (Phi) is 4.60. The third kappa shape index (κ3) is 3.84. The summed E-state index contributed by atoms with van der Waals surface area (Å²) >= 11 is 0. The van der Waals surface area contributed by atoms with E-state index in [1.165, 1.54) is 50.0 Å². The van der Waals surface area contributed by atoms with Gasteiger partial charge in [0.05, 0.1) is 0 Å². The first-order valence-corrected chi connectivity index (χ1v) is 7.03. The van der Waals surface area contributed by atoms with Crippen molar-refractivity contribution in [2.45, 2.75) is 70.9 Å². The topological polar surface area (TPSA) is 40.7 Å². The van der Waals surface area contributed by atoms with Gasteiger partial charge < -0.3 is 10.3 Å².